The molecule has 0 fully saturated rings. The summed E-state index contributed by atoms with van der Waals surface area (Å²) >= 11 is 0.961. The van der Waals surface area contributed by atoms with E-state index in [1.165, 1.54) is 0 Å². The quantitative estimate of drug-likeness (QED) is 0.493. The van der Waals surface area contributed by atoms with Crippen LogP contribution in [-0.2, 0) is 19.6 Å². The lowest BCUT2D eigenvalue weighted by atomic mass is 10.6. The van der Waals surface area contributed by atoms with Crippen molar-refractivity contribution in [2.24, 2.45) is 0 Å². The van der Waals surface area contributed by atoms with Crippen molar-refractivity contribution in [3.63, 3.8) is 0 Å². The van der Waals surface area contributed by atoms with Crippen LogP contribution in [0.2, 0.25) is 0 Å². The van der Waals surface area contributed by atoms with Crippen molar-refractivity contribution in [3.05, 3.63) is 0 Å². The van der Waals surface area contributed by atoms with Crippen LogP contribution < -0.4 is 10.0 Å². The van der Waals surface area contributed by atoms with Crippen molar-refractivity contribution in [1.29, 1.82) is 0 Å². The van der Waals surface area contributed by atoms with E-state index in [-0.39, 0.29) is 29.7 Å². The summed E-state index contributed by atoms with van der Waals surface area (Å²) in [6, 6.07) is 0. The third kappa shape index (κ3) is 10.1. The van der Waals surface area contributed by atoms with Crippen LogP contribution in [0.3, 0.4) is 0 Å². The molecule has 0 aromatic heterocycles. The average molecular weight is 284 g/mol. The molecule has 0 rings (SSSR count). The van der Waals surface area contributed by atoms with Gasteiger partial charge >= 0.3 is 5.97 Å². The summed E-state index contributed by atoms with van der Waals surface area (Å²) in [5.41, 5.74) is 0. The molecule has 100 valence electrons. The van der Waals surface area contributed by atoms with Gasteiger partial charge in [0.15, 0.2) is 0 Å². The Kier molecular flexibility index (Phi) is 7.92. The first-order valence-corrected chi connectivity index (χ1v) is 7.71. The predicted octanol–water partition coefficient (Wildman–Crippen LogP) is -1.14. The van der Waals surface area contributed by atoms with Gasteiger partial charge in [0, 0.05) is 13.1 Å². The number of carbonyl (C=O) groups is 2. The molecule has 0 aliphatic rings. The van der Waals surface area contributed by atoms with Gasteiger partial charge in [-0.1, -0.05) is 6.92 Å². The largest absolute Gasteiger partial charge is 0.481 e. The number of nitrogens with one attached hydrogen (secondary N) is 2. The predicted molar refractivity (Wildman–Crippen MR) is 65.4 cm³/mol. The highest BCUT2D eigenvalue weighted by molar-refractivity contribution is 8.00. The van der Waals surface area contributed by atoms with Crippen LogP contribution in [0.4, 0.5) is 0 Å². The normalized spacial score (nSPS) is 11.1. The number of carboxylic acids is 1. The van der Waals surface area contributed by atoms with Crippen LogP contribution in [0.1, 0.15) is 6.92 Å². The summed E-state index contributed by atoms with van der Waals surface area (Å²) in [5.74, 6) is -1.69. The molecule has 3 N–H and O–H groups in total. The van der Waals surface area contributed by atoms with E-state index in [4.69, 9.17) is 5.11 Å². The van der Waals surface area contributed by atoms with Gasteiger partial charge in [0.25, 0.3) is 0 Å². The standard InChI is InChI=1S/C8H16N2O5S2/c1-2-10-17(14,15)4-3-9-7(11)5-16-6-8(12)13/h10H,2-6H2,1H3,(H,9,11)(H,12,13). The van der Waals surface area contributed by atoms with E-state index >= 15 is 0 Å². The van der Waals surface area contributed by atoms with E-state index in [0.29, 0.717) is 6.54 Å². The highest BCUT2D eigenvalue weighted by Gasteiger charge is 2.09. The van der Waals surface area contributed by atoms with Gasteiger partial charge in [0.05, 0.1) is 17.3 Å². The minimum Gasteiger partial charge on any atom is -0.481 e. The molecule has 7 nitrogen and oxygen atoms in total. The number of carbonyl (C=O) groups excluding carboxylic acids is 1. The highest BCUT2D eigenvalue weighted by atomic mass is 32.2. The fourth-order valence-electron chi connectivity index (χ4n) is 0.899. The molecule has 17 heavy (non-hydrogen) atoms. The SMILES string of the molecule is CCNS(=O)(=O)CCNC(=O)CSCC(=O)O. The molecule has 0 spiro atoms. The molecule has 0 heterocycles. The summed E-state index contributed by atoms with van der Waals surface area (Å²) < 4.78 is 24.6. The molecular weight excluding hydrogens is 268 g/mol. The average Bonchev–Trinajstić information content (AvgIpc) is 2.16. The third-order valence-electron chi connectivity index (χ3n) is 1.52. The van der Waals surface area contributed by atoms with Gasteiger partial charge < -0.3 is 10.4 Å². The van der Waals surface area contributed by atoms with Crippen molar-refractivity contribution in [3.8, 4) is 0 Å². The maximum Gasteiger partial charge on any atom is 0.313 e. The molecular formula is C8H16N2O5S2. The smallest absolute Gasteiger partial charge is 0.313 e. The van der Waals surface area contributed by atoms with Crippen molar-refractivity contribution < 1.29 is 23.1 Å². The molecule has 0 aliphatic heterocycles. The lowest BCUT2D eigenvalue weighted by Crippen LogP contribution is -2.35. The van der Waals surface area contributed by atoms with Gasteiger partial charge in [-0.25, -0.2) is 13.1 Å². The van der Waals surface area contributed by atoms with E-state index < -0.39 is 16.0 Å². The summed E-state index contributed by atoms with van der Waals surface area (Å²) in [7, 11) is -3.33. The van der Waals surface area contributed by atoms with Gasteiger partial charge in [-0.3, -0.25) is 9.59 Å². The Morgan fingerprint density at radius 3 is 2.47 bits per heavy atom. The van der Waals surface area contributed by atoms with E-state index in [9.17, 15) is 18.0 Å². The Balaban J connectivity index is 3.68. The minimum absolute atomic E-state index is 0.00749. The van der Waals surface area contributed by atoms with Crippen LogP contribution in [0.25, 0.3) is 0 Å². The number of rotatable bonds is 9. The zero-order valence-corrected chi connectivity index (χ0v) is 11.1. The third-order valence-corrected chi connectivity index (χ3v) is 3.90. The number of hydrogen-bond donors (Lipinski definition) is 3. The van der Waals surface area contributed by atoms with Gasteiger partial charge in [-0.2, -0.15) is 0 Å². The second kappa shape index (κ2) is 8.31. The number of thioether (sulfide) groups is 1. The van der Waals surface area contributed by atoms with Crippen molar-refractivity contribution >= 4 is 33.7 Å². The second-order valence-corrected chi connectivity index (χ2v) is 5.97. The number of aliphatic carboxylic acids is 1. The number of amides is 1. The highest BCUT2D eigenvalue weighted by Crippen LogP contribution is 1.97. The second-order valence-electron chi connectivity index (χ2n) is 3.05. The van der Waals surface area contributed by atoms with Gasteiger partial charge in [-0.15, -0.1) is 11.8 Å². The Morgan fingerprint density at radius 2 is 1.94 bits per heavy atom. The molecule has 0 saturated heterocycles. The zero-order valence-electron chi connectivity index (χ0n) is 9.43. The molecule has 0 aliphatic carbocycles. The Morgan fingerprint density at radius 1 is 1.29 bits per heavy atom. The number of sulfonamides is 1. The van der Waals surface area contributed by atoms with E-state index in [1.807, 2.05) is 0 Å². The van der Waals surface area contributed by atoms with Gasteiger partial charge in [-0.05, 0) is 0 Å². The Bertz CT molecular complexity index is 355. The maximum absolute atomic E-state index is 11.2. The zero-order chi connectivity index (χ0) is 13.3. The number of carboxylic acid groups (broad SMARTS) is 1. The first-order chi connectivity index (χ1) is 7.87. The van der Waals surface area contributed by atoms with Crippen LogP contribution in [0.15, 0.2) is 0 Å². The van der Waals surface area contributed by atoms with Gasteiger partial charge in [0.2, 0.25) is 15.9 Å². The first-order valence-electron chi connectivity index (χ1n) is 4.91. The van der Waals surface area contributed by atoms with Crippen molar-refractivity contribution in [2.75, 3.05) is 30.3 Å². The molecule has 0 saturated carbocycles. The van der Waals surface area contributed by atoms with Crippen molar-refractivity contribution in [1.82, 2.24) is 10.0 Å². The summed E-state index contributed by atoms with van der Waals surface area (Å²) in [6.07, 6.45) is 0. The Labute approximate surface area is 104 Å². The molecule has 0 aromatic rings. The monoisotopic (exact) mass is 284 g/mol. The van der Waals surface area contributed by atoms with E-state index in [0.717, 1.165) is 11.8 Å². The fraction of sp³-hybridized carbons (Fsp3) is 0.750. The minimum atomic E-state index is -3.33. The molecule has 1 amide bonds. The number of hydrogen-bond acceptors (Lipinski definition) is 5. The van der Waals surface area contributed by atoms with Gasteiger partial charge in [0.1, 0.15) is 0 Å². The van der Waals surface area contributed by atoms with Crippen LogP contribution in [0.5, 0.6) is 0 Å². The fourth-order valence-corrected chi connectivity index (χ4v) is 2.42. The van der Waals surface area contributed by atoms with Crippen molar-refractivity contribution in [2.45, 2.75) is 6.92 Å². The molecule has 0 unspecified atom stereocenters. The lowest BCUT2D eigenvalue weighted by molar-refractivity contribution is -0.133. The van der Waals surface area contributed by atoms with Crippen LogP contribution in [-0.4, -0.2) is 55.7 Å². The Hall–Kier alpha value is -0.800. The van der Waals surface area contributed by atoms with E-state index in [2.05, 4.69) is 10.0 Å². The summed E-state index contributed by atoms with van der Waals surface area (Å²) in [5, 5.41) is 10.7. The van der Waals surface area contributed by atoms with Crippen LogP contribution in [0, 0.1) is 0 Å². The molecule has 0 atom stereocenters. The molecule has 9 heteroatoms. The van der Waals surface area contributed by atoms with Crippen LogP contribution >= 0.6 is 11.8 Å². The topological polar surface area (TPSA) is 113 Å². The first kappa shape index (κ1) is 16.2. The van der Waals surface area contributed by atoms with E-state index in [1.54, 1.807) is 6.92 Å². The lowest BCUT2D eigenvalue weighted by Gasteiger charge is -2.06. The maximum atomic E-state index is 11.2. The molecule has 0 aromatic carbocycles. The summed E-state index contributed by atoms with van der Waals surface area (Å²) in [4.78, 5) is 21.3. The summed E-state index contributed by atoms with van der Waals surface area (Å²) in [6.45, 7) is 1.99. The molecule has 0 bridgehead atoms. The molecule has 0 radical (unpaired) electrons.